The van der Waals surface area contributed by atoms with Crippen molar-refractivity contribution in [3.05, 3.63) is 51.2 Å². The number of ether oxygens (including phenoxy) is 1. The maximum absolute atomic E-state index is 13.2. The van der Waals surface area contributed by atoms with Crippen molar-refractivity contribution in [2.75, 3.05) is 44.2 Å². The summed E-state index contributed by atoms with van der Waals surface area (Å²) in [5.74, 6) is -0.405. The second kappa shape index (κ2) is 8.09. The number of carbonyl (C=O) groups excluding carboxylic acids is 3. The van der Waals surface area contributed by atoms with E-state index in [2.05, 4.69) is 4.90 Å². The number of piperazine rings is 1. The maximum Gasteiger partial charge on any atom is 0.264 e. The summed E-state index contributed by atoms with van der Waals surface area (Å²) < 4.78 is 5.64. The molecule has 4 heterocycles. The normalized spacial score (nSPS) is 21.2. The summed E-state index contributed by atoms with van der Waals surface area (Å²) in [6.07, 6.45) is 1.77. The van der Waals surface area contributed by atoms with Crippen LogP contribution in [0.5, 0.6) is 0 Å². The third-order valence-corrected chi connectivity index (χ3v) is 7.36. The number of nitrogens with zero attached hydrogens (tertiary/aromatic N) is 3. The summed E-state index contributed by atoms with van der Waals surface area (Å²) in [7, 11) is 0. The Balaban J connectivity index is 1.32. The first kappa shape index (κ1) is 20.2. The molecule has 8 heteroatoms. The van der Waals surface area contributed by atoms with E-state index in [9.17, 15) is 14.4 Å². The number of thiophene rings is 1. The third-order valence-electron chi connectivity index (χ3n) is 6.35. The van der Waals surface area contributed by atoms with Crippen molar-refractivity contribution in [1.29, 1.82) is 0 Å². The number of fused-ring (bicyclic) bond motifs is 1. The number of carbonyl (C=O) groups is 3. The minimum atomic E-state index is -0.237. The number of imide groups is 1. The fourth-order valence-corrected chi connectivity index (χ4v) is 5.51. The van der Waals surface area contributed by atoms with Crippen molar-refractivity contribution in [3.8, 4) is 0 Å². The fraction of sp³-hybridized carbons (Fsp3) is 0.435. The van der Waals surface area contributed by atoms with Crippen LogP contribution in [0.25, 0.3) is 0 Å². The number of benzene rings is 1. The van der Waals surface area contributed by atoms with Crippen LogP contribution < -0.4 is 4.90 Å². The summed E-state index contributed by atoms with van der Waals surface area (Å²) in [5.41, 5.74) is 2.74. The smallest absolute Gasteiger partial charge is 0.264 e. The van der Waals surface area contributed by atoms with Crippen LogP contribution in [0.3, 0.4) is 0 Å². The fourth-order valence-electron chi connectivity index (χ4n) is 4.62. The van der Waals surface area contributed by atoms with Gasteiger partial charge in [0.15, 0.2) is 0 Å². The summed E-state index contributed by atoms with van der Waals surface area (Å²) in [5, 5.41) is 1.94. The average molecular weight is 440 g/mol. The molecule has 1 aromatic heterocycles. The molecule has 3 aliphatic heterocycles. The number of rotatable bonds is 4. The van der Waals surface area contributed by atoms with Crippen LogP contribution in [-0.2, 0) is 4.74 Å². The molecule has 2 fully saturated rings. The van der Waals surface area contributed by atoms with E-state index in [0.29, 0.717) is 50.5 Å². The van der Waals surface area contributed by atoms with E-state index in [1.54, 1.807) is 6.07 Å². The van der Waals surface area contributed by atoms with E-state index in [0.717, 1.165) is 29.0 Å². The Hall–Kier alpha value is -2.71. The number of amides is 3. The molecule has 7 nitrogen and oxygen atoms in total. The average Bonchev–Trinajstić information content (AvgIpc) is 3.51. The molecule has 2 aromatic rings. The second-order valence-corrected chi connectivity index (χ2v) is 9.18. The zero-order valence-electron chi connectivity index (χ0n) is 17.5. The van der Waals surface area contributed by atoms with Gasteiger partial charge in [-0.1, -0.05) is 6.07 Å². The standard InChI is InChI=1S/C23H25N3O4S/c1-15-7-13-31-20(15)23(29)25-10-8-24(9-11-25)18-6-2-5-17-19(18)22(28)26(21(17)27)14-16-4-3-12-30-16/h2,5-7,13,16H,3-4,8-12,14H2,1H3. The van der Waals surface area contributed by atoms with Gasteiger partial charge in [-0.15, -0.1) is 11.3 Å². The quantitative estimate of drug-likeness (QED) is 0.686. The molecule has 3 amide bonds. The van der Waals surface area contributed by atoms with Crippen LogP contribution in [0.15, 0.2) is 29.6 Å². The molecule has 2 saturated heterocycles. The molecular formula is C23H25N3O4S. The van der Waals surface area contributed by atoms with E-state index >= 15 is 0 Å². The van der Waals surface area contributed by atoms with E-state index in [1.807, 2.05) is 35.4 Å². The van der Waals surface area contributed by atoms with Gasteiger partial charge in [-0.05, 0) is 48.9 Å². The topological polar surface area (TPSA) is 70.2 Å². The minimum absolute atomic E-state index is 0.0686. The molecule has 162 valence electrons. The lowest BCUT2D eigenvalue weighted by Crippen LogP contribution is -2.49. The molecular weight excluding hydrogens is 414 g/mol. The van der Waals surface area contributed by atoms with Crippen molar-refractivity contribution in [3.63, 3.8) is 0 Å². The summed E-state index contributed by atoms with van der Waals surface area (Å²) in [6.45, 7) is 5.38. The minimum Gasteiger partial charge on any atom is -0.376 e. The van der Waals surface area contributed by atoms with Crippen LogP contribution in [0.2, 0.25) is 0 Å². The first-order chi connectivity index (χ1) is 15.0. The van der Waals surface area contributed by atoms with Crippen molar-refractivity contribution < 1.29 is 19.1 Å². The molecule has 31 heavy (non-hydrogen) atoms. The molecule has 1 atom stereocenters. The number of hydrogen-bond donors (Lipinski definition) is 0. The highest BCUT2D eigenvalue weighted by Gasteiger charge is 2.40. The molecule has 0 bridgehead atoms. The molecule has 0 aliphatic carbocycles. The van der Waals surface area contributed by atoms with Crippen LogP contribution in [-0.4, -0.2) is 73.0 Å². The molecule has 0 saturated carbocycles. The van der Waals surface area contributed by atoms with Crippen LogP contribution in [0, 0.1) is 6.92 Å². The van der Waals surface area contributed by atoms with Crippen LogP contribution in [0.1, 0.15) is 48.8 Å². The lowest BCUT2D eigenvalue weighted by atomic mass is 10.1. The largest absolute Gasteiger partial charge is 0.376 e. The highest BCUT2D eigenvalue weighted by Crippen LogP contribution is 2.33. The zero-order chi connectivity index (χ0) is 21.5. The molecule has 1 unspecified atom stereocenters. The third kappa shape index (κ3) is 3.53. The molecule has 0 N–H and O–H groups in total. The van der Waals surface area contributed by atoms with Crippen molar-refractivity contribution in [2.45, 2.75) is 25.9 Å². The van der Waals surface area contributed by atoms with Gasteiger partial charge in [0.2, 0.25) is 0 Å². The van der Waals surface area contributed by atoms with Crippen molar-refractivity contribution in [1.82, 2.24) is 9.80 Å². The highest BCUT2D eigenvalue weighted by atomic mass is 32.1. The summed E-state index contributed by atoms with van der Waals surface area (Å²) >= 11 is 1.48. The van der Waals surface area contributed by atoms with E-state index in [-0.39, 0.29) is 23.8 Å². The van der Waals surface area contributed by atoms with Gasteiger partial charge in [-0.3, -0.25) is 19.3 Å². The maximum atomic E-state index is 13.2. The Morgan fingerprint density at radius 3 is 2.61 bits per heavy atom. The van der Waals surface area contributed by atoms with Gasteiger partial charge in [0.25, 0.3) is 17.7 Å². The SMILES string of the molecule is Cc1ccsc1C(=O)N1CCN(c2cccc3c2C(=O)N(CC2CCCO2)C3=O)CC1. The number of aryl methyl sites for hydroxylation is 1. The first-order valence-corrected chi connectivity index (χ1v) is 11.6. The Kier molecular flexibility index (Phi) is 5.27. The van der Waals surface area contributed by atoms with E-state index in [4.69, 9.17) is 4.74 Å². The van der Waals surface area contributed by atoms with E-state index in [1.165, 1.54) is 16.2 Å². The first-order valence-electron chi connectivity index (χ1n) is 10.7. The number of anilines is 1. The predicted octanol–water partition coefficient (Wildman–Crippen LogP) is 2.79. The molecule has 5 rings (SSSR count). The lowest BCUT2D eigenvalue weighted by molar-refractivity contribution is 0.0475. The lowest BCUT2D eigenvalue weighted by Gasteiger charge is -2.36. The second-order valence-electron chi connectivity index (χ2n) is 8.27. The van der Waals surface area contributed by atoms with Gasteiger partial charge in [-0.25, -0.2) is 0 Å². The van der Waals surface area contributed by atoms with E-state index < -0.39 is 0 Å². The Morgan fingerprint density at radius 2 is 1.94 bits per heavy atom. The molecule has 3 aliphatic rings. The van der Waals surface area contributed by atoms with Gasteiger partial charge in [0, 0.05) is 32.8 Å². The Labute approximate surface area is 185 Å². The van der Waals surface area contributed by atoms with Gasteiger partial charge in [0.1, 0.15) is 0 Å². The van der Waals surface area contributed by atoms with Crippen LogP contribution in [0.4, 0.5) is 5.69 Å². The Bertz CT molecular complexity index is 1040. The van der Waals surface area contributed by atoms with Crippen molar-refractivity contribution >= 4 is 34.7 Å². The predicted molar refractivity (Wildman–Crippen MR) is 118 cm³/mol. The number of hydrogen-bond acceptors (Lipinski definition) is 6. The van der Waals surface area contributed by atoms with Gasteiger partial charge in [-0.2, -0.15) is 0 Å². The van der Waals surface area contributed by atoms with Crippen molar-refractivity contribution in [2.24, 2.45) is 0 Å². The molecule has 0 radical (unpaired) electrons. The molecule has 0 spiro atoms. The highest BCUT2D eigenvalue weighted by molar-refractivity contribution is 7.12. The van der Waals surface area contributed by atoms with Crippen LogP contribution >= 0.6 is 11.3 Å². The molecule has 1 aromatic carbocycles. The summed E-state index contributed by atoms with van der Waals surface area (Å²) in [4.78, 5) is 45.0. The van der Waals surface area contributed by atoms with Gasteiger partial charge in [0.05, 0.1) is 34.3 Å². The van der Waals surface area contributed by atoms with Gasteiger partial charge < -0.3 is 14.5 Å². The van der Waals surface area contributed by atoms with Gasteiger partial charge >= 0.3 is 0 Å². The monoisotopic (exact) mass is 439 g/mol. The zero-order valence-corrected chi connectivity index (χ0v) is 18.3. The Morgan fingerprint density at radius 1 is 1.13 bits per heavy atom. The summed E-state index contributed by atoms with van der Waals surface area (Å²) in [6, 6.07) is 7.43.